The van der Waals surface area contributed by atoms with Crippen LogP contribution in [0, 0.1) is 5.41 Å². The average molecular weight is 159 g/mol. The van der Waals surface area contributed by atoms with Gasteiger partial charge in [0, 0.05) is 0 Å². The van der Waals surface area contributed by atoms with Gasteiger partial charge in [0.05, 0.1) is 0 Å². The van der Waals surface area contributed by atoms with Crippen LogP contribution in [0.3, 0.4) is 0 Å². The van der Waals surface area contributed by atoms with Crippen molar-refractivity contribution < 1.29 is 0 Å². The molecule has 0 aromatic carbocycles. The van der Waals surface area contributed by atoms with E-state index in [2.05, 4.69) is 52.8 Å². The number of rotatable bonds is 1. The Morgan fingerprint density at radius 3 is 2.75 bits per heavy atom. The molecule has 0 amide bonds. The van der Waals surface area contributed by atoms with E-state index in [4.69, 9.17) is 0 Å². The van der Waals surface area contributed by atoms with Gasteiger partial charge in [-0.1, -0.05) is 32.3 Å². The third-order valence-corrected chi connectivity index (χ3v) is 2.08. The lowest BCUT2D eigenvalue weighted by atomic mass is 9.72. The summed E-state index contributed by atoms with van der Waals surface area (Å²) in [6, 6.07) is 0. The molecule has 0 aromatic rings. The molecule has 0 unspecified atom stereocenters. The normalized spacial score (nSPS) is 21.0. The van der Waals surface area contributed by atoms with Crippen LogP contribution in [0.4, 0.5) is 0 Å². The predicted octanol–water partition coefficient (Wildman–Crippen LogP) is 3.15. The standard InChI is InChI=1S/C11H16B/c1-9-7-10(12-4)5-6-11(2,3)8-9/h6-7H,8H2,1-4H3. The predicted molar refractivity (Wildman–Crippen MR) is 55.4 cm³/mol. The van der Waals surface area contributed by atoms with Gasteiger partial charge in [0.1, 0.15) is 0 Å². The summed E-state index contributed by atoms with van der Waals surface area (Å²) in [5, 5.41) is 0. The fourth-order valence-corrected chi connectivity index (χ4v) is 1.57. The Bertz CT molecular complexity index is 263. The minimum Gasteiger partial charge on any atom is -0.132 e. The summed E-state index contributed by atoms with van der Waals surface area (Å²) in [6.45, 7) is 8.73. The van der Waals surface area contributed by atoms with E-state index in [1.165, 1.54) is 11.0 Å². The zero-order valence-electron chi connectivity index (χ0n) is 8.44. The topological polar surface area (TPSA) is 0 Å². The Labute approximate surface area is 76.3 Å². The van der Waals surface area contributed by atoms with Crippen LogP contribution in [0.15, 0.2) is 28.9 Å². The molecule has 1 heteroatoms. The van der Waals surface area contributed by atoms with Gasteiger partial charge in [0.25, 0.3) is 0 Å². The van der Waals surface area contributed by atoms with Crippen LogP contribution in [0.5, 0.6) is 0 Å². The van der Waals surface area contributed by atoms with Gasteiger partial charge in [-0.15, -0.1) is 5.73 Å². The minimum atomic E-state index is 0.269. The summed E-state index contributed by atoms with van der Waals surface area (Å²) in [7, 11) is 2.10. The summed E-state index contributed by atoms with van der Waals surface area (Å²) in [6.07, 6.45) is 5.53. The van der Waals surface area contributed by atoms with Crippen LogP contribution < -0.4 is 0 Å². The van der Waals surface area contributed by atoms with Crippen molar-refractivity contribution in [3.63, 3.8) is 0 Å². The van der Waals surface area contributed by atoms with Crippen molar-refractivity contribution in [2.75, 3.05) is 0 Å². The van der Waals surface area contributed by atoms with E-state index in [0.29, 0.717) is 0 Å². The Balaban J connectivity index is 3.03. The van der Waals surface area contributed by atoms with Gasteiger partial charge in [-0.25, -0.2) is 0 Å². The van der Waals surface area contributed by atoms with Crippen LogP contribution in [-0.4, -0.2) is 7.28 Å². The molecule has 0 atom stereocenters. The van der Waals surface area contributed by atoms with Crippen molar-refractivity contribution in [2.24, 2.45) is 5.41 Å². The molecule has 63 valence electrons. The van der Waals surface area contributed by atoms with Gasteiger partial charge in [-0.3, -0.25) is 0 Å². The van der Waals surface area contributed by atoms with Gasteiger partial charge < -0.3 is 0 Å². The molecule has 12 heavy (non-hydrogen) atoms. The summed E-state index contributed by atoms with van der Waals surface area (Å²) >= 11 is 0. The highest BCUT2D eigenvalue weighted by Crippen LogP contribution is 2.28. The van der Waals surface area contributed by atoms with Gasteiger partial charge in [-0.05, 0) is 30.3 Å². The van der Waals surface area contributed by atoms with Gasteiger partial charge >= 0.3 is 0 Å². The molecule has 0 aliphatic heterocycles. The summed E-state index contributed by atoms with van der Waals surface area (Å²) in [4.78, 5) is 0. The number of hydrogen-bond donors (Lipinski definition) is 0. The molecule has 0 saturated carbocycles. The maximum atomic E-state index is 3.31. The van der Waals surface area contributed by atoms with Gasteiger partial charge in [0.15, 0.2) is 7.28 Å². The summed E-state index contributed by atoms with van der Waals surface area (Å²) in [5.41, 5.74) is 6.23. The molecule has 1 radical (unpaired) electrons. The maximum absolute atomic E-state index is 3.31. The van der Waals surface area contributed by atoms with Crippen molar-refractivity contribution in [3.05, 3.63) is 28.9 Å². The average Bonchev–Trinajstić information content (AvgIpc) is 2.07. The van der Waals surface area contributed by atoms with Crippen LogP contribution in [0.2, 0.25) is 6.82 Å². The third kappa shape index (κ3) is 2.42. The molecule has 0 saturated heterocycles. The Kier molecular flexibility index (Phi) is 2.64. The van der Waals surface area contributed by atoms with E-state index in [1.807, 2.05) is 0 Å². The first kappa shape index (κ1) is 9.41. The molecule has 0 bridgehead atoms. The monoisotopic (exact) mass is 159 g/mol. The fraction of sp³-hybridized carbons (Fsp3) is 0.545. The molecule has 0 nitrogen and oxygen atoms in total. The Morgan fingerprint density at radius 2 is 2.17 bits per heavy atom. The summed E-state index contributed by atoms with van der Waals surface area (Å²) < 4.78 is 0. The van der Waals surface area contributed by atoms with Crippen molar-refractivity contribution in [3.8, 4) is 0 Å². The second-order valence-electron chi connectivity index (χ2n) is 4.19. The molecular formula is C11H16B. The molecule has 0 heterocycles. The molecule has 0 spiro atoms. The first-order chi connectivity index (χ1) is 5.53. The molecule has 0 fully saturated rings. The van der Waals surface area contributed by atoms with E-state index in [9.17, 15) is 0 Å². The molecular weight excluding hydrogens is 143 g/mol. The largest absolute Gasteiger partial charge is 0.159 e. The van der Waals surface area contributed by atoms with Crippen molar-refractivity contribution in [1.29, 1.82) is 0 Å². The molecule has 1 aliphatic rings. The fourth-order valence-electron chi connectivity index (χ4n) is 1.57. The highest BCUT2D eigenvalue weighted by atomic mass is 14.2. The number of allylic oxidation sites excluding steroid dienone is 3. The van der Waals surface area contributed by atoms with Crippen molar-refractivity contribution in [1.82, 2.24) is 0 Å². The van der Waals surface area contributed by atoms with Crippen LogP contribution >= 0.6 is 0 Å². The van der Waals surface area contributed by atoms with E-state index in [1.54, 1.807) is 0 Å². The van der Waals surface area contributed by atoms with Gasteiger partial charge in [0.2, 0.25) is 0 Å². The molecule has 1 rings (SSSR count). The lowest BCUT2D eigenvalue weighted by Gasteiger charge is -2.17. The first-order valence-corrected chi connectivity index (χ1v) is 4.48. The maximum Gasteiger partial charge on any atom is 0.159 e. The minimum absolute atomic E-state index is 0.269. The van der Waals surface area contributed by atoms with E-state index in [0.717, 1.165) is 6.42 Å². The quantitative estimate of drug-likeness (QED) is 0.407. The zero-order valence-corrected chi connectivity index (χ0v) is 8.44. The van der Waals surface area contributed by atoms with E-state index >= 15 is 0 Å². The Hall–Kier alpha value is -0.675. The smallest absolute Gasteiger partial charge is 0.132 e. The summed E-state index contributed by atoms with van der Waals surface area (Å²) in [5.74, 6) is 0. The van der Waals surface area contributed by atoms with Crippen LogP contribution in [0.25, 0.3) is 0 Å². The second-order valence-corrected chi connectivity index (χ2v) is 4.19. The SMILES string of the molecule is C[B]C1=C=CC(C)(C)CC(C)=C1. The first-order valence-electron chi connectivity index (χ1n) is 4.48. The lowest BCUT2D eigenvalue weighted by Crippen LogP contribution is -2.06. The number of hydrogen-bond acceptors (Lipinski definition) is 0. The zero-order chi connectivity index (χ0) is 9.19. The molecule has 0 aromatic heterocycles. The highest BCUT2D eigenvalue weighted by molar-refractivity contribution is 6.44. The lowest BCUT2D eigenvalue weighted by molar-refractivity contribution is 0.477. The third-order valence-electron chi connectivity index (χ3n) is 2.08. The van der Waals surface area contributed by atoms with Gasteiger partial charge in [-0.2, -0.15) is 0 Å². The molecule has 1 aliphatic carbocycles. The van der Waals surface area contributed by atoms with Crippen LogP contribution in [-0.2, 0) is 0 Å². The van der Waals surface area contributed by atoms with Crippen molar-refractivity contribution >= 4 is 7.28 Å². The van der Waals surface area contributed by atoms with E-state index < -0.39 is 0 Å². The van der Waals surface area contributed by atoms with Crippen LogP contribution in [0.1, 0.15) is 27.2 Å². The highest BCUT2D eigenvalue weighted by Gasteiger charge is 2.15. The second kappa shape index (κ2) is 3.37. The van der Waals surface area contributed by atoms with E-state index in [-0.39, 0.29) is 5.41 Å². The van der Waals surface area contributed by atoms with Crippen molar-refractivity contribution in [2.45, 2.75) is 34.0 Å². The molecule has 0 N–H and O–H groups in total. The Morgan fingerprint density at radius 1 is 1.50 bits per heavy atom.